The SMILES string of the molecule is N=C(N)N.NC(N)=NC(=O)C=Cc1cccc(-c2ccccc2)c1. The van der Waals surface area contributed by atoms with E-state index >= 15 is 0 Å². The fraction of sp³-hybridized carbons (Fsp3) is 0. The summed E-state index contributed by atoms with van der Waals surface area (Å²) in [5.41, 5.74) is 22.3. The highest BCUT2D eigenvalue weighted by Gasteiger charge is 1.98. The molecule has 1 amide bonds. The van der Waals surface area contributed by atoms with E-state index in [2.05, 4.69) is 16.5 Å². The van der Waals surface area contributed by atoms with Crippen LogP contribution in [-0.2, 0) is 4.79 Å². The van der Waals surface area contributed by atoms with E-state index in [9.17, 15) is 4.79 Å². The largest absolute Gasteiger partial charge is 0.370 e. The minimum atomic E-state index is -0.477. The van der Waals surface area contributed by atoms with Crippen molar-refractivity contribution < 1.29 is 4.79 Å². The predicted molar refractivity (Wildman–Crippen MR) is 97.8 cm³/mol. The lowest BCUT2D eigenvalue weighted by Crippen LogP contribution is -2.23. The van der Waals surface area contributed by atoms with E-state index in [0.717, 1.165) is 16.7 Å². The molecule has 24 heavy (non-hydrogen) atoms. The molecule has 0 saturated carbocycles. The van der Waals surface area contributed by atoms with E-state index < -0.39 is 5.91 Å². The van der Waals surface area contributed by atoms with Crippen LogP contribution in [0.1, 0.15) is 5.56 Å². The molecule has 0 heterocycles. The molecule has 0 spiro atoms. The monoisotopic (exact) mass is 324 g/mol. The zero-order valence-electron chi connectivity index (χ0n) is 13.0. The average molecular weight is 324 g/mol. The number of nitrogens with zero attached hydrogens (tertiary/aromatic N) is 1. The van der Waals surface area contributed by atoms with E-state index in [4.69, 9.17) is 16.9 Å². The molecular weight excluding hydrogens is 304 g/mol. The highest BCUT2D eigenvalue weighted by atomic mass is 16.1. The summed E-state index contributed by atoms with van der Waals surface area (Å²) in [5, 5.41) is 6.06. The van der Waals surface area contributed by atoms with Gasteiger partial charge in [0.1, 0.15) is 0 Å². The van der Waals surface area contributed by atoms with Crippen molar-refractivity contribution >= 4 is 23.9 Å². The van der Waals surface area contributed by atoms with Crippen molar-refractivity contribution in [3.05, 3.63) is 66.2 Å². The third-order valence-corrected chi connectivity index (χ3v) is 2.65. The second-order valence-corrected chi connectivity index (χ2v) is 4.66. The number of hydrogen-bond acceptors (Lipinski definition) is 2. The molecule has 0 aliphatic rings. The molecule has 0 aliphatic heterocycles. The summed E-state index contributed by atoms with van der Waals surface area (Å²) in [7, 11) is 0. The number of guanidine groups is 2. The molecule has 0 saturated heterocycles. The number of carbonyl (C=O) groups excluding carboxylic acids is 1. The van der Waals surface area contributed by atoms with Crippen LogP contribution in [0.5, 0.6) is 0 Å². The van der Waals surface area contributed by atoms with Gasteiger partial charge in [0.2, 0.25) is 0 Å². The van der Waals surface area contributed by atoms with Crippen LogP contribution < -0.4 is 22.9 Å². The predicted octanol–water partition coefficient (Wildman–Crippen LogP) is 1.01. The minimum absolute atomic E-state index is 0.238. The highest BCUT2D eigenvalue weighted by Crippen LogP contribution is 2.20. The van der Waals surface area contributed by atoms with E-state index in [1.54, 1.807) is 6.08 Å². The maximum Gasteiger partial charge on any atom is 0.272 e. The quantitative estimate of drug-likeness (QED) is 0.323. The molecule has 2 aromatic rings. The zero-order valence-corrected chi connectivity index (χ0v) is 13.0. The zero-order chi connectivity index (χ0) is 17.9. The van der Waals surface area contributed by atoms with E-state index in [1.807, 2.05) is 54.6 Å². The summed E-state index contributed by atoms with van der Waals surface area (Å²) >= 11 is 0. The lowest BCUT2D eigenvalue weighted by atomic mass is 10.0. The minimum Gasteiger partial charge on any atom is -0.370 e. The van der Waals surface area contributed by atoms with Gasteiger partial charge in [-0.1, -0.05) is 48.5 Å². The lowest BCUT2D eigenvalue weighted by molar-refractivity contribution is -0.113. The van der Waals surface area contributed by atoms with Crippen LogP contribution in [0.25, 0.3) is 17.2 Å². The first-order chi connectivity index (χ1) is 11.4. The number of carbonyl (C=O) groups is 1. The number of nitrogens with one attached hydrogen (secondary N) is 1. The Morgan fingerprint density at radius 3 is 2.08 bits per heavy atom. The smallest absolute Gasteiger partial charge is 0.272 e. The summed E-state index contributed by atoms with van der Waals surface area (Å²) < 4.78 is 0. The van der Waals surface area contributed by atoms with Crippen molar-refractivity contribution in [2.24, 2.45) is 27.9 Å². The first kappa shape index (κ1) is 18.4. The maximum absolute atomic E-state index is 11.3. The van der Waals surface area contributed by atoms with Gasteiger partial charge in [-0.25, -0.2) is 0 Å². The Labute approximate surface area is 140 Å². The second kappa shape index (κ2) is 9.42. The first-order valence-electron chi connectivity index (χ1n) is 6.95. The Hall–Kier alpha value is -3.61. The average Bonchev–Trinajstić information content (AvgIpc) is 2.53. The Morgan fingerprint density at radius 1 is 0.917 bits per heavy atom. The van der Waals surface area contributed by atoms with Gasteiger partial charge in [0.25, 0.3) is 5.91 Å². The van der Waals surface area contributed by atoms with Crippen molar-refractivity contribution in [2.75, 3.05) is 0 Å². The Kier molecular flexibility index (Phi) is 7.23. The molecule has 0 atom stereocenters. The number of benzene rings is 2. The molecule has 7 heteroatoms. The summed E-state index contributed by atoms with van der Waals surface area (Å²) in [5.74, 6) is -1.05. The topological polar surface area (TPSA) is 157 Å². The van der Waals surface area contributed by atoms with E-state index in [0.29, 0.717) is 0 Å². The fourth-order valence-corrected chi connectivity index (χ4v) is 1.78. The van der Waals surface area contributed by atoms with Gasteiger partial charge in [-0.05, 0) is 28.8 Å². The number of rotatable bonds is 3. The van der Waals surface area contributed by atoms with Gasteiger partial charge < -0.3 is 22.9 Å². The molecule has 0 fully saturated rings. The van der Waals surface area contributed by atoms with Crippen LogP contribution in [0.3, 0.4) is 0 Å². The van der Waals surface area contributed by atoms with Gasteiger partial charge in [0, 0.05) is 6.08 Å². The van der Waals surface area contributed by atoms with Crippen LogP contribution in [0.4, 0.5) is 0 Å². The van der Waals surface area contributed by atoms with Gasteiger partial charge >= 0.3 is 0 Å². The molecule has 124 valence electrons. The number of amides is 1. The number of hydrogen-bond donors (Lipinski definition) is 5. The lowest BCUT2D eigenvalue weighted by Gasteiger charge is -2.02. The van der Waals surface area contributed by atoms with Crippen LogP contribution in [0, 0.1) is 5.41 Å². The fourth-order valence-electron chi connectivity index (χ4n) is 1.78. The molecular formula is C17H20N6O. The van der Waals surface area contributed by atoms with E-state index in [1.165, 1.54) is 6.08 Å². The summed E-state index contributed by atoms with van der Waals surface area (Å²) in [6, 6.07) is 17.9. The number of aliphatic imine (C=N–C) groups is 1. The second-order valence-electron chi connectivity index (χ2n) is 4.66. The van der Waals surface area contributed by atoms with Crippen LogP contribution in [-0.4, -0.2) is 17.8 Å². The van der Waals surface area contributed by atoms with Crippen LogP contribution >= 0.6 is 0 Å². The van der Waals surface area contributed by atoms with Crippen molar-refractivity contribution in [1.82, 2.24) is 0 Å². The van der Waals surface area contributed by atoms with Gasteiger partial charge in [-0.15, -0.1) is 0 Å². The molecule has 2 aromatic carbocycles. The standard InChI is InChI=1S/C16H15N3O.CH5N3/c17-16(18)19-15(20)10-9-12-5-4-8-14(11-12)13-6-2-1-3-7-13;2-1(3)4/h1-11H,(H4,17,18,19,20);(H5,2,3,4). The third kappa shape index (κ3) is 7.41. The van der Waals surface area contributed by atoms with E-state index in [-0.39, 0.29) is 11.9 Å². The van der Waals surface area contributed by atoms with Crippen molar-refractivity contribution in [3.63, 3.8) is 0 Å². The third-order valence-electron chi connectivity index (χ3n) is 2.65. The van der Waals surface area contributed by atoms with Gasteiger partial charge in [-0.2, -0.15) is 4.99 Å². The van der Waals surface area contributed by atoms with Crippen molar-refractivity contribution in [3.8, 4) is 11.1 Å². The van der Waals surface area contributed by atoms with Gasteiger partial charge in [0.15, 0.2) is 11.9 Å². The molecule has 0 aromatic heterocycles. The normalized spacial score (nSPS) is 9.67. The Balaban J connectivity index is 0.000000648. The summed E-state index contributed by atoms with van der Waals surface area (Å²) in [4.78, 5) is 14.8. The highest BCUT2D eigenvalue weighted by molar-refractivity contribution is 5.99. The Morgan fingerprint density at radius 2 is 1.50 bits per heavy atom. The summed E-state index contributed by atoms with van der Waals surface area (Å²) in [6.07, 6.45) is 3.02. The van der Waals surface area contributed by atoms with Crippen molar-refractivity contribution in [1.29, 1.82) is 5.41 Å². The first-order valence-corrected chi connectivity index (χ1v) is 6.95. The maximum atomic E-state index is 11.3. The van der Waals surface area contributed by atoms with Crippen molar-refractivity contribution in [2.45, 2.75) is 0 Å². The van der Waals surface area contributed by atoms with Gasteiger partial charge in [-0.3, -0.25) is 10.2 Å². The van der Waals surface area contributed by atoms with Crippen LogP contribution in [0.2, 0.25) is 0 Å². The molecule has 0 radical (unpaired) electrons. The molecule has 2 rings (SSSR count). The molecule has 0 aliphatic carbocycles. The molecule has 9 N–H and O–H groups in total. The van der Waals surface area contributed by atoms with Gasteiger partial charge in [0.05, 0.1) is 0 Å². The molecule has 7 nitrogen and oxygen atoms in total. The summed E-state index contributed by atoms with van der Waals surface area (Å²) in [6.45, 7) is 0. The number of nitrogens with two attached hydrogens (primary N) is 4. The molecule has 0 unspecified atom stereocenters. The molecule has 0 bridgehead atoms. The van der Waals surface area contributed by atoms with Crippen LogP contribution in [0.15, 0.2) is 65.7 Å². The Bertz CT molecular complexity index is 745.